The van der Waals surface area contributed by atoms with Crippen molar-refractivity contribution in [1.29, 1.82) is 0 Å². The molecule has 0 spiro atoms. The molecule has 1 aromatic rings. The van der Waals surface area contributed by atoms with Crippen molar-refractivity contribution in [2.75, 3.05) is 97.8 Å². The van der Waals surface area contributed by atoms with Gasteiger partial charge in [0.25, 0.3) is 0 Å². The highest BCUT2D eigenvalue weighted by Crippen LogP contribution is 2.15. The average molecular weight is 486 g/mol. The molecular formula is C24H39NO9. The van der Waals surface area contributed by atoms with Crippen molar-refractivity contribution in [3.05, 3.63) is 37.1 Å². The summed E-state index contributed by atoms with van der Waals surface area (Å²) >= 11 is 0. The van der Waals surface area contributed by atoms with Gasteiger partial charge in [-0.2, -0.15) is 0 Å². The minimum Gasteiger partial charge on any atom is -0.499 e. The highest BCUT2D eigenvalue weighted by molar-refractivity contribution is 5.88. The summed E-state index contributed by atoms with van der Waals surface area (Å²) in [5.74, 6) is 0.616. The molecule has 10 nitrogen and oxygen atoms in total. The van der Waals surface area contributed by atoms with Crippen LogP contribution in [0.2, 0.25) is 0 Å². The zero-order valence-corrected chi connectivity index (χ0v) is 20.2. The first kappa shape index (κ1) is 29.8. The molecule has 1 amide bonds. The van der Waals surface area contributed by atoms with Gasteiger partial charge >= 0.3 is 0 Å². The molecule has 0 saturated heterocycles. The zero-order chi connectivity index (χ0) is 24.5. The summed E-state index contributed by atoms with van der Waals surface area (Å²) in [5, 5.41) is 2.70. The molecule has 0 aliphatic rings. The first-order chi connectivity index (χ1) is 16.7. The Morgan fingerprint density at radius 1 is 0.676 bits per heavy atom. The van der Waals surface area contributed by atoms with Gasteiger partial charge in [0.1, 0.15) is 19.0 Å². The lowest BCUT2D eigenvalue weighted by Gasteiger charge is -2.09. The lowest BCUT2D eigenvalue weighted by Crippen LogP contribution is -2.15. The molecular weight excluding hydrogens is 446 g/mol. The molecule has 0 aromatic heterocycles. The van der Waals surface area contributed by atoms with E-state index in [-0.39, 0.29) is 5.91 Å². The van der Waals surface area contributed by atoms with Gasteiger partial charge in [-0.15, -0.1) is 0 Å². The first-order valence-electron chi connectivity index (χ1n) is 11.4. The van der Waals surface area contributed by atoms with Crippen molar-refractivity contribution in [2.24, 2.45) is 0 Å². The van der Waals surface area contributed by atoms with Gasteiger partial charge in [-0.25, -0.2) is 0 Å². The maximum absolute atomic E-state index is 11.0. The Bertz CT molecular complexity index is 613. The Hall–Kier alpha value is -2.21. The van der Waals surface area contributed by atoms with E-state index in [2.05, 4.69) is 11.9 Å². The van der Waals surface area contributed by atoms with E-state index in [0.717, 1.165) is 11.4 Å². The van der Waals surface area contributed by atoms with Gasteiger partial charge in [0.05, 0.1) is 85.5 Å². The van der Waals surface area contributed by atoms with Crippen LogP contribution in [0.25, 0.3) is 0 Å². The van der Waals surface area contributed by atoms with Gasteiger partial charge in [-0.05, 0) is 24.3 Å². The van der Waals surface area contributed by atoms with E-state index in [0.29, 0.717) is 92.5 Å². The fraction of sp³-hybridized carbons (Fsp3) is 0.625. The molecule has 0 heterocycles. The van der Waals surface area contributed by atoms with Crippen LogP contribution >= 0.6 is 0 Å². The second-order valence-electron chi connectivity index (χ2n) is 6.77. The van der Waals surface area contributed by atoms with Crippen LogP contribution in [0.1, 0.15) is 6.92 Å². The number of hydrogen-bond acceptors (Lipinski definition) is 9. The smallest absolute Gasteiger partial charge is 0.221 e. The van der Waals surface area contributed by atoms with E-state index in [9.17, 15) is 4.79 Å². The Kier molecular flexibility index (Phi) is 19.8. The highest BCUT2D eigenvalue weighted by atomic mass is 16.6. The largest absolute Gasteiger partial charge is 0.499 e. The van der Waals surface area contributed by atoms with Gasteiger partial charge in [-0.3, -0.25) is 4.79 Å². The van der Waals surface area contributed by atoms with Crippen molar-refractivity contribution in [2.45, 2.75) is 6.92 Å². The minimum atomic E-state index is -0.105. The van der Waals surface area contributed by atoms with Gasteiger partial charge in [0.15, 0.2) is 0 Å². The predicted octanol–water partition coefficient (Wildman–Crippen LogP) is 2.28. The standard InChI is InChI=1S/C24H39NO9/c1-3-27-8-9-28-10-11-29-12-13-30-14-15-31-16-17-32-18-19-33-20-21-34-24-6-4-23(5-7-24)25-22(2)26/h3-7H,1,8-21H2,2H3,(H,25,26). The quantitative estimate of drug-likeness (QED) is 0.174. The molecule has 0 aliphatic heterocycles. The summed E-state index contributed by atoms with van der Waals surface area (Å²) in [6.45, 7) is 11.9. The fourth-order valence-corrected chi connectivity index (χ4v) is 2.45. The van der Waals surface area contributed by atoms with Crippen LogP contribution in [-0.4, -0.2) is 98.4 Å². The van der Waals surface area contributed by atoms with Gasteiger partial charge in [0.2, 0.25) is 5.91 Å². The second kappa shape index (κ2) is 22.6. The molecule has 0 atom stereocenters. The molecule has 0 unspecified atom stereocenters. The van der Waals surface area contributed by atoms with Crippen molar-refractivity contribution < 1.29 is 42.7 Å². The number of hydrogen-bond donors (Lipinski definition) is 1. The van der Waals surface area contributed by atoms with E-state index in [1.807, 2.05) is 0 Å². The molecule has 10 heteroatoms. The Labute approximate surface area is 202 Å². The van der Waals surface area contributed by atoms with E-state index >= 15 is 0 Å². The van der Waals surface area contributed by atoms with Crippen LogP contribution in [0.4, 0.5) is 5.69 Å². The maximum Gasteiger partial charge on any atom is 0.221 e. The van der Waals surface area contributed by atoms with E-state index in [1.54, 1.807) is 24.3 Å². The molecule has 194 valence electrons. The molecule has 0 radical (unpaired) electrons. The molecule has 34 heavy (non-hydrogen) atoms. The topological polar surface area (TPSA) is 103 Å². The molecule has 1 aromatic carbocycles. The van der Waals surface area contributed by atoms with Crippen LogP contribution in [0.15, 0.2) is 37.1 Å². The van der Waals surface area contributed by atoms with E-state index in [4.69, 9.17) is 37.9 Å². The highest BCUT2D eigenvalue weighted by Gasteiger charge is 1.98. The lowest BCUT2D eigenvalue weighted by atomic mass is 10.3. The normalized spacial score (nSPS) is 10.7. The molecule has 1 N–H and O–H groups in total. The third-order valence-electron chi connectivity index (χ3n) is 3.99. The summed E-state index contributed by atoms with van der Waals surface area (Å²) in [6.07, 6.45) is 1.39. The second-order valence-corrected chi connectivity index (χ2v) is 6.77. The number of carbonyl (C=O) groups excluding carboxylic acids is 1. The zero-order valence-electron chi connectivity index (χ0n) is 20.2. The van der Waals surface area contributed by atoms with E-state index in [1.165, 1.54) is 13.2 Å². The van der Waals surface area contributed by atoms with Crippen molar-refractivity contribution in [1.82, 2.24) is 0 Å². The molecule has 0 saturated carbocycles. The van der Waals surface area contributed by atoms with Crippen molar-refractivity contribution in [3.63, 3.8) is 0 Å². The van der Waals surface area contributed by atoms with Gasteiger partial charge in [-0.1, -0.05) is 6.58 Å². The van der Waals surface area contributed by atoms with Crippen LogP contribution in [0.5, 0.6) is 5.75 Å². The Balaban J connectivity index is 1.74. The number of nitrogens with one attached hydrogen (secondary N) is 1. The Morgan fingerprint density at radius 2 is 1.06 bits per heavy atom. The van der Waals surface area contributed by atoms with Crippen molar-refractivity contribution in [3.8, 4) is 5.75 Å². The van der Waals surface area contributed by atoms with Crippen LogP contribution in [-0.2, 0) is 38.0 Å². The van der Waals surface area contributed by atoms with Crippen LogP contribution in [0.3, 0.4) is 0 Å². The Morgan fingerprint density at radius 3 is 1.44 bits per heavy atom. The third-order valence-corrected chi connectivity index (χ3v) is 3.99. The molecule has 0 fully saturated rings. The summed E-state index contributed by atoms with van der Waals surface area (Å²) in [5.41, 5.74) is 0.735. The SMILES string of the molecule is C=COCCOCCOCCOCCOCCOCCOCCOc1ccc(NC(C)=O)cc1. The lowest BCUT2D eigenvalue weighted by molar-refractivity contribution is -0.114. The summed E-state index contributed by atoms with van der Waals surface area (Å²) in [4.78, 5) is 11.0. The predicted molar refractivity (Wildman–Crippen MR) is 127 cm³/mol. The van der Waals surface area contributed by atoms with Gasteiger partial charge in [0, 0.05) is 12.6 Å². The summed E-state index contributed by atoms with van der Waals surface area (Å²) in [7, 11) is 0. The monoisotopic (exact) mass is 485 g/mol. The number of ether oxygens (including phenoxy) is 8. The summed E-state index contributed by atoms with van der Waals surface area (Å²) < 4.78 is 42.9. The number of amides is 1. The molecule has 0 aliphatic carbocycles. The van der Waals surface area contributed by atoms with Crippen LogP contribution in [0, 0.1) is 0 Å². The number of benzene rings is 1. The van der Waals surface area contributed by atoms with Crippen LogP contribution < -0.4 is 10.1 Å². The first-order valence-corrected chi connectivity index (χ1v) is 11.4. The molecule has 1 rings (SSSR count). The maximum atomic E-state index is 11.0. The minimum absolute atomic E-state index is 0.105. The van der Waals surface area contributed by atoms with E-state index < -0.39 is 0 Å². The fourth-order valence-electron chi connectivity index (χ4n) is 2.45. The average Bonchev–Trinajstić information content (AvgIpc) is 2.83. The molecule has 0 bridgehead atoms. The number of rotatable bonds is 24. The number of carbonyl (C=O) groups is 1. The summed E-state index contributed by atoms with van der Waals surface area (Å²) in [6, 6.07) is 7.18. The number of anilines is 1. The van der Waals surface area contributed by atoms with Gasteiger partial charge < -0.3 is 43.2 Å². The van der Waals surface area contributed by atoms with Crippen molar-refractivity contribution >= 4 is 11.6 Å². The third kappa shape index (κ3) is 19.3.